The van der Waals surface area contributed by atoms with Crippen molar-refractivity contribution in [2.75, 3.05) is 19.6 Å². The van der Waals surface area contributed by atoms with Gasteiger partial charge in [0.25, 0.3) is 0 Å². The number of halogens is 2. The number of benzene rings is 1. The van der Waals surface area contributed by atoms with Crippen molar-refractivity contribution in [1.29, 1.82) is 0 Å². The van der Waals surface area contributed by atoms with E-state index in [2.05, 4.69) is 21.4 Å². The molecule has 1 aliphatic heterocycles. The van der Waals surface area contributed by atoms with Crippen molar-refractivity contribution in [3.05, 3.63) is 41.5 Å². The number of amides is 1. The van der Waals surface area contributed by atoms with Crippen LogP contribution in [0.25, 0.3) is 0 Å². The number of hydrogen-bond donors (Lipinski definition) is 2. The summed E-state index contributed by atoms with van der Waals surface area (Å²) in [6, 6.07) is 6.33. The van der Waals surface area contributed by atoms with Crippen molar-refractivity contribution in [2.24, 2.45) is 0 Å². The number of nitrogens with one attached hydrogen (secondary N) is 2. The third-order valence-corrected chi connectivity index (χ3v) is 3.21. The van der Waals surface area contributed by atoms with Gasteiger partial charge in [0, 0.05) is 18.7 Å². The van der Waals surface area contributed by atoms with Crippen LogP contribution in [-0.4, -0.2) is 32.2 Å². The van der Waals surface area contributed by atoms with E-state index in [9.17, 15) is 13.6 Å². The topological polar surface area (TPSA) is 50.4 Å². The summed E-state index contributed by atoms with van der Waals surface area (Å²) in [6.45, 7) is -0.671. The van der Waals surface area contributed by atoms with Crippen LogP contribution in [0.1, 0.15) is 12.0 Å². The predicted octanol–water partition coefficient (Wildman–Crippen LogP) is 1.87. The second kappa shape index (κ2) is 7.73. The van der Waals surface area contributed by atoms with E-state index in [-0.39, 0.29) is 18.1 Å². The second-order valence-electron chi connectivity index (χ2n) is 4.76. The van der Waals surface area contributed by atoms with E-state index in [1.165, 1.54) is 11.6 Å². The van der Waals surface area contributed by atoms with Gasteiger partial charge in [0.05, 0.1) is 6.42 Å². The highest BCUT2D eigenvalue weighted by Gasteiger charge is 2.12. The summed E-state index contributed by atoms with van der Waals surface area (Å²) in [4.78, 5) is 11.9. The molecule has 0 bridgehead atoms. The lowest BCUT2D eigenvalue weighted by Crippen LogP contribution is -2.30. The average molecular weight is 296 g/mol. The van der Waals surface area contributed by atoms with Crippen LogP contribution in [0.2, 0.25) is 0 Å². The maximum absolute atomic E-state index is 12.3. The number of alkyl halides is 2. The summed E-state index contributed by atoms with van der Waals surface area (Å²) in [7, 11) is 0. The molecule has 4 nitrogen and oxygen atoms in total. The number of carbonyl (C=O) groups excluding carboxylic acids is 1. The van der Waals surface area contributed by atoms with Crippen molar-refractivity contribution in [3.8, 4) is 5.75 Å². The van der Waals surface area contributed by atoms with Crippen LogP contribution in [0.5, 0.6) is 5.75 Å². The fourth-order valence-electron chi connectivity index (χ4n) is 2.14. The van der Waals surface area contributed by atoms with Gasteiger partial charge in [-0.3, -0.25) is 4.79 Å². The van der Waals surface area contributed by atoms with Gasteiger partial charge in [-0.05, 0) is 19.0 Å². The Morgan fingerprint density at radius 3 is 2.90 bits per heavy atom. The van der Waals surface area contributed by atoms with Crippen molar-refractivity contribution in [3.63, 3.8) is 0 Å². The third-order valence-electron chi connectivity index (χ3n) is 3.21. The molecule has 0 unspecified atom stereocenters. The van der Waals surface area contributed by atoms with E-state index >= 15 is 0 Å². The van der Waals surface area contributed by atoms with Crippen LogP contribution < -0.4 is 15.4 Å². The Balaban J connectivity index is 1.88. The number of carbonyl (C=O) groups is 1. The van der Waals surface area contributed by atoms with Gasteiger partial charge >= 0.3 is 6.61 Å². The molecule has 0 radical (unpaired) electrons. The van der Waals surface area contributed by atoms with Crippen molar-refractivity contribution >= 4 is 5.91 Å². The van der Waals surface area contributed by atoms with Gasteiger partial charge in [-0.25, -0.2) is 0 Å². The molecule has 0 saturated heterocycles. The maximum Gasteiger partial charge on any atom is 0.387 e. The SMILES string of the molecule is O=C(Cc1ccccc1OC(F)F)NCC1=CCNCC1. The van der Waals surface area contributed by atoms with Crippen LogP contribution in [0.15, 0.2) is 35.9 Å². The first-order valence-corrected chi connectivity index (χ1v) is 6.83. The Kier molecular flexibility index (Phi) is 5.68. The molecule has 1 aliphatic rings. The van der Waals surface area contributed by atoms with Crippen molar-refractivity contribution in [1.82, 2.24) is 10.6 Å². The van der Waals surface area contributed by atoms with Gasteiger partial charge in [0.15, 0.2) is 0 Å². The minimum Gasteiger partial charge on any atom is -0.435 e. The van der Waals surface area contributed by atoms with Crippen LogP contribution in [0.4, 0.5) is 8.78 Å². The molecule has 2 rings (SSSR count). The quantitative estimate of drug-likeness (QED) is 0.788. The molecule has 1 amide bonds. The molecule has 0 atom stereocenters. The Labute approximate surface area is 122 Å². The zero-order valence-corrected chi connectivity index (χ0v) is 11.6. The van der Waals surface area contributed by atoms with E-state index in [1.807, 2.05) is 0 Å². The first kappa shape index (κ1) is 15.4. The van der Waals surface area contributed by atoms with Crippen molar-refractivity contribution < 1.29 is 18.3 Å². The normalized spacial score (nSPS) is 14.7. The van der Waals surface area contributed by atoms with E-state index in [1.54, 1.807) is 18.2 Å². The van der Waals surface area contributed by atoms with Crippen LogP contribution in [0.3, 0.4) is 0 Å². The molecule has 0 saturated carbocycles. The summed E-state index contributed by atoms with van der Waals surface area (Å²) in [5.41, 5.74) is 1.63. The number of ether oxygens (including phenoxy) is 1. The largest absolute Gasteiger partial charge is 0.435 e. The molecule has 1 heterocycles. The maximum atomic E-state index is 12.3. The predicted molar refractivity (Wildman–Crippen MR) is 75.4 cm³/mol. The minimum atomic E-state index is -2.89. The summed E-state index contributed by atoms with van der Waals surface area (Å²) in [5.74, 6) is -0.163. The molecule has 0 aromatic heterocycles. The fourth-order valence-corrected chi connectivity index (χ4v) is 2.14. The summed E-state index contributed by atoms with van der Waals surface area (Å²) < 4.78 is 29.0. The Hall–Kier alpha value is -1.95. The lowest BCUT2D eigenvalue weighted by molar-refractivity contribution is -0.120. The number of hydrogen-bond acceptors (Lipinski definition) is 3. The molecule has 0 spiro atoms. The Morgan fingerprint density at radius 1 is 1.38 bits per heavy atom. The first-order valence-electron chi connectivity index (χ1n) is 6.83. The molecule has 0 aliphatic carbocycles. The molecule has 6 heteroatoms. The second-order valence-corrected chi connectivity index (χ2v) is 4.76. The van der Waals surface area contributed by atoms with Gasteiger partial charge in [-0.1, -0.05) is 29.8 Å². The first-order chi connectivity index (χ1) is 10.1. The zero-order valence-electron chi connectivity index (χ0n) is 11.6. The fraction of sp³-hybridized carbons (Fsp3) is 0.400. The van der Waals surface area contributed by atoms with Gasteiger partial charge in [0.2, 0.25) is 5.91 Å². The van der Waals surface area contributed by atoms with E-state index in [0.29, 0.717) is 12.1 Å². The average Bonchev–Trinajstić information content (AvgIpc) is 2.48. The lowest BCUT2D eigenvalue weighted by Gasteiger charge is -2.15. The van der Waals surface area contributed by atoms with Crippen LogP contribution >= 0.6 is 0 Å². The molecule has 114 valence electrons. The number of para-hydroxylation sites is 1. The van der Waals surface area contributed by atoms with E-state index < -0.39 is 6.61 Å². The molecule has 21 heavy (non-hydrogen) atoms. The molecule has 1 aromatic carbocycles. The molecular weight excluding hydrogens is 278 g/mol. The highest BCUT2D eigenvalue weighted by Crippen LogP contribution is 2.20. The van der Waals surface area contributed by atoms with Gasteiger partial charge < -0.3 is 15.4 Å². The number of rotatable bonds is 6. The summed E-state index contributed by atoms with van der Waals surface area (Å²) >= 11 is 0. The van der Waals surface area contributed by atoms with Gasteiger partial charge in [-0.15, -0.1) is 0 Å². The van der Waals surface area contributed by atoms with Gasteiger partial charge in [-0.2, -0.15) is 8.78 Å². The minimum absolute atomic E-state index is 0.0222. The highest BCUT2D eigenvalue weighted by atomic mass is 19.3. The third kappa shape index (κ3) is 5.15. The van der Waals surface area contributed by atoms with E-state index in [4.69, 9.17) is 0 Å². The Bertz CT molecular complexity index is 518. The van der Waals surface area contributed by atoms with Crippen LogP contribution in [0, 0.1) is 0 Å². The molecular formula is C15H18F2N2O2. The smallest absolute Gasteiger partial charge is 0.387 e. The monoisotopic (exact) mass is 296 g/mol. The van der Waals surface area contributed by atoms with E-state index in [0.717, 1.165) is 19.5 Å². The van der Waals surface area contributed by atoms with Crippen molar-refractivity contribution in [2.45, 2.75) is 19.5 Å². The molecule has 0 fully saturated rings. The standard InChI is InChI=1S/C15H18F2N2O2/c16-15(17)21-13-4-2-1-3-12(13)9-14(20)19-10-11-5-7-18-8-6-11/h1-5,15,18H,6-10H2,(H,19,20). The highest BCUT2D eigenvalue weighted by molar-refractivity contribution is 5.79. The van der Waals surface area contributed by atoms with Gasteiger partial charge in [0.1, 0.15) is 5.75 Å². The summed E-state index contributed by atoms with van der Waals surface area (Å²) in [5, 5.41) is 5.99. The zero-order chi connectivity index (χ0) is 15.1. The molecule has 1 aromatic rings. The Morgan fingerprint density at radius 2 is 2.19 bits per heavy atom. The summed E-state index contributed by atoms with van der Waals surface area (Å²) in [6.07, 6.45) is 2.98. The van der Waals surface area contributed by atoms with Crippen LogP contribution in [-0.2, 0) is 11.2 Å². The lowest BCUT2D eigenvalue weighted by atomic mass is 10.1. The molecule has 2 N–H and O–H groups in total.